The summed E-state index contributed by atoms with van der Waals surface area (Å²) in [6.45, 7) is 7.46. The van der Waals surface area contributed by atoms with E-state index in [0.29, 0.717) is 6.04 Å². The van der Waals surface area contributed by atoms with E-state index in [1.807, 2.05) is 6.07 Å². The van der Waals surface area contributed by atoms with Gasteiger partial charge in [-0.15, -0.1) is 0 Å². The minimum atomic E-state index is 0.222. The van der Waals surface area contributed by atoms with Gasteiger partial charge in [0.1, 0.15) is 5.75 Å². The van der Waals surface area contributed by atoms with Gasteiger partial charge >= 0.3 is 0 Å². The first kappa shape index (κ1) is 14.5. The Morgan fingerprint density at radius 2 is 2.12 bits per heavy atom. The molecule has 3 nitrogen and oxygen atoms in total. The molecule has 1 aromatic rings. The molecule has 0 aliphatic rings. The monoisotopic (exact) mass is 300 g/mol. The summed E-state index contributed by atoms with van der Waals surface area (Å²) in [7, 11) is 0. The number of nitrogens with zero attached hydrogens (tertiary/aromatic N) is 1. The number of rotatable bonds is 7. The zero-order valence-electron chi connectivity index (χ0n) is 10.7. The Morgan fingerprint density at radius 3 is 2.76 bits per heavy atom. The predicted molar refractivity (Wildman–Crippen MR) is 74.4 cm³/mol. The lowest BCUT2D eigenvalue weighted by atomic mass is 10.2. The van der Waals surface area contributed by atoms with E-state index in [4.69, 9.17) is 4.74 Å². The van der Waals surface area contributed by atoms with Crippen molar-refractivity contribution in [3.63, 3.8) is 0 Å². The van der Waals surface area contributed by atoms with Crippen LogP contribution in [0.5, 0.6) is 5.75 Å². The highest BCUT2D eigenvalue weighted by Crippen LogP contribution is 2.18. The molecule has 0 radical (unpaired) electrons. The second kappa shape index (κ2) is 7.67. The molecule has 96 valence electrons. The Balaban J connectivity index is 2.23. The summed E-state index contributed by atoms with van der Waals surface area (Å²) in [5.41, 5.74) is 0. The van der Waals surface area contributed by atoms with Crippen LogP contribution in [0, 0.1) is 0 Å². The first-order valence-electron chi connectivity index (χ1n) is 6.08. The summed E-state index contributed by atoms with van der Waals surface area (Å²) in [5, 5.41) is 3.40. The second-order valence-corrected chi connectivity index (χ2v) is 5.43. The third kappa shape index (κ3) is 6.64. The lowest BCUT2D eigenvalue weighted by molar-refractivity contribution is 0.206. The van der Waals surface area contributed by atoms with E-state index in [-0.39, 0.29) is 6.10 Å². The second-order valence-electron chi connectivity index (χ2n) is 4.52. The van der Waals surface area contributed by atoms with Crippen LogP contribution < -0.4 is 10.1 Å². The van der Waals surface area contributed by atoms with E-state index in [1.54, 1.807) is 12.4 Å². The Kier molecular flexibility index (Phi) is 6.52. The largest absolute Gasteiger partial charge is 0.489 e. The fourth-order valence-corrected chi connectivity index (χ4v) is 1.87. The molecule has 0 aromatic carbocycles. The molecular formula is C13H21BrN2O. The van der Waals surface area contributed by atoms with Gasteiger partial charge in [-0.25, -0.2) is 0 Å². The molecule has 1 atom stereocenters. The number of nitrogens with one attached hydrogen (secondary N) is 1. The van der Waals surface area contributed by atoms with Crippen LogP contribution in [0.15, 0.2) is 22.9 Å². The van der Waals surface area contributed by atoms with E-state index in [2.05, 4.69) is 47.0 Å². The minimum Gasteiger partial charge on any atom is -0.489 e. The Bertz CT molecular complexity index is 331. The Labute approximate surface area is 112 Å². The van der Waals surface area contributed by atoms with E-state index in [0.717, 1.165) is 29.6 Å². The number of halogens is 1. The van der Waals surface area contributed by atoms with Gasteiger partial charge in [-0.3, -0.25) is 4.98 Å². The summed E-state index contributed by atoms with van der Waals surface area (Å²) in [6, 6.07) is 2.50. The van der Waals surface area contributed by atoms with Gasteiger partial charge in [0.2, 0.25) is 0 Å². The predicted octanol–water partition coefficient (Wildman–Crippen LogP) is 3.39. The van der Waals surface area contributed by atoms with Gasteiger partial charge in [0.25, 0.3) is 0 Å². The van der Waals surface area contributed by atoms with Gasteiger partial charge in [-0.2, -0.15) is 0 Å². The van der Waals surface area contributed by atoms with Crippen LogP contribution in [0.2, 0.25) is 0 Å². The molecule has 0 spiro atoms. The molecule has 0 amide bonds. The first-order chi connectivity index (χ1) is 8.08. The smallest absolute Gasteiger partial charge is 0.139 e. The van der Waals surface area contributed by atoms with Crippen molar-refractivity contribution in [1.82, 2.24) is 10.3 Å². The maximum atomic E-state index is 5.78. The van der Waals surface area contributed by atoms with Gasteiger partial charge in [-0.05, 0) is 48.3 Å². The van der Waals surface area contributed by atoms with Gasteiger partial charge in [0, 0.05) is 16.7 Å². The zero-order chi connectivity index (χ0) is 12.7. The maximum Gasteiger partial charge on any atom is 0.139 e. The number of hydrogen-bond acceptors (Lipinski definition) is 3. The van der Waals surface area contributed by atoms with Crippen molar-refractivity contribution >= 4 is 15.9 Å². The lowest BCUT2D eigenvalue weighted by Gasteiger charge is -2.15. The fraction of sp³-hybridized carbons (Fsp3) is 0.615. The van der Waals surface area contributed by atoms with Crippen LogP contribution >= 0.6 is 15.9 Å². The van der Waals surface area contributed by atoms with Crippen LogP contribution in [0.4, 0.5) is 0 Å². The van der Waals surface area contributed by atoms with Crippen LogP contribution in [0.3, 0.4) is 0 Å². The molecule has 0 fully saturated rings. The number of ether oxygens (including phenoxy) is 1. The highest BCUT2D eigenvalue weighted by molar-refractivity contribution is 9.10. The average molecular weight is 301 g/mol. The molecule has 0 aliphatic heterocycles. The summed E-state index contributed by atoms with van der Waals surface area (Å²) in [5.74, 6) is 0.823. The summed E-state index contributed by atoms with van der Waals surface area (Å²) in [6.07, 6.45) is 5.89. The summed E-state index contributed by atoms with van der Waals surface area (Å²) >= 11 is 3.38. The Hall–Kier alpha value is -0.610. The zero-order valence-corrected chi connectivity index (χ0v) is 12.3. The van der Waals surface area contributed by atoms with Crippen molar-refractivity contribution in [2.75, 3.05) is 6.54 Å². The van der Waals surface area contributed by atoms with Gasteiger partial charge in [-0.1, -0.05) is 13.8 Å². The van der Waals surface area contributed by atoms with Crippen molar-refractivity contribution in [3.8, 4) is 5.75 Å². The standard InChI is InChI=1S/C13H21BrN2O/c1-10(2)16-6-4-5-11(3)17-13-7-12(14)8-15-9-13/h7-11,16H,4-6H2,1-3H3. The van der Waals surface area contributed by atoms with Crippen molar-refractivity contribution < 1.29 is 4.74 Å². The lowest BCUT2D eigenvalue weighted by Crippen LogP contribution is -2.25. The van der Waals surface area contributed by atoms with Crippen LogP contribution in [-0.2, 0) is 0 Å². The maximum absolute atomic E-state index is 5.78. The quantitative estimate of drug-likeness (QED) is 0.784. The molecule has 1 N–H and O–H groups in total. The molecule has 0 saturated heterocycles. The topological polar surface area (TPSA) is 34.1 Å². The highest BCUT2D eigenvalue weighted by Gasteiger charge is 2.04. The van der Waals surface area contributed by atoms with Gasteiger partial charge in [0.15, 0.2) is 0 Å². The molecule has 1 rings (SSSR count). The van der Waals surface area contributed by atoms with Crippen LogP contribution in [-0.4, -0.2) is 23.7 Å². The third-order valence-corrected chi connectivity index (χ3v) is 2.79. The molecule has 1 aromatic heterocycles. The van der Waals surface area contributed by atoms with Crippen LogP contribution in [0.1, 0.15) is 33.6 Å². The summed E-state index contributed by atoms with van der Waals surface area (Å²) < 4.78 is 6.73. The fourth-order valence-electron chi connectivity index (χ4n) is 1.53. The van der Waals surface area contributed by atoms with Crippen molar-refractivity contribution in [1.29, 1.82) is 0 Å². The molecule has 4 heteroatoms. The van der Waals surface area contributed by atoms with E-state index < -0.39 is 0 Å². The molecule has 17 heavy (non-hydrogen) atoms. The molecule has 0 saturated carbocycles. The third-order valence-electron chi connectivity index (χ3n) is 2.36. The first-order valence-corrected chi connectivity index (χ1v) is 6.88. The van der Waals surface area contributed by atoms with E-state index >= 15 is 0 Å². The molecule has 1 heterocycles. The van der Waals surface area contributed by atoms with Crippen molar-refractivity contribution in [3.05, 3.63) is 22.9 Å². The summed E-state index contributed by atoms with van der Waals surface area (Å²) in [4.78, 5) is 4.07. The molecular weight excluding hydrogens is 280 g/mol. The highest BCUT2D eigenvalue weighted by atomic mass is 79.9. The average Bonchev–Trinajstić information content (AvgIpc) is 2.24. The minimum absolute atomic E-state index is 0.222. The van der Waals surface area contributed by atoms with Gasteiger partial charge < -0.3 is 10.1 Å². The van der Waals surface area contributed by atoms with E-state index in [1.165, 1.54) is 0 Å². The van der Waals surface area contributed by atoms with Crippen LogP contribution in [0.25, 0.3) is 0 Å². The Morgan fingerprint density at radius 1 is 1.35 bits per heavy atom. The molecule has 0 aliphatic carbocycles. The van der Waals surface area contributed by atoms with Crippen molar-refractivity contribution in [2.45, 2.75) is 45.8 Å². The normalized spacial score (nSPS) is 12.8. The number of aromatic nitrogens is 1. The van der Waals surface area contributed by atoms with Gasteiger partial charge in [0.05, 0.1) is 12.3 Å². The van der Waals surface area contributed by atoms with Crippen molar-refractivity contribution in [2.24, 2.45) is 0 Å². The molecule has 1 unspecified atom stereocenters. The SMILES string of the molecule is CC(C)NCCCC(C)Oc1cncc(Br)c1. The number of pyridine rings is 1. The van der Waals surface area contributed by atoms with E-state index in [9.17, 15) is 0 Å². The molecule has 0 bridgehead atoms. The number of hydrogen-bond donors (Lipinski definition) is 1.